The standard InChI is InChI=1S/C18H15N5O2/c1-11(24)13-7-8-15-14(9-13)20-16(19)17-21-22(18(25)23(15)17)10-12-5-3-2-4-6-12/h2-9H,10H2,1H3,(H2,19,20). The highest BCUT2D eigenvalue weighted by Gasteiger charge is 2.15. The van der Waals surface area contributed by atoms with Gasteiger partial charge in [0.2, 0.25) is 5.65 Å². The Hall–Kier alpha value is -3.48. The fourth-order valence-corrected chi connectivity index (χ4v) is 2.85. The van der Waals surface area contributed by atoms with E-state index in [4.69, 9.17) is 5.73 Å². The van der Waals surface area contributed by atoms with Crippen molar-refractivity contribution < 1.29 is 4.79 Å². The molecule has 4 rings (SSSR count). The highest BCUT2D eigenvalue weighted by Crippen LogP contribution is 2.19. The highest BCUT2D eigenvalue weighted by molar-refractivity contribution is 5.97. The van der Waals surface area contributed by atoms with Crippen molar-refractivity contribution in [1.29, 1.82) is 0 Å². The van der Waals surface area contributed by atoms with E-state index in [1.165, 1.54) is 16.0 Å². The van der Waals surface area contributed by atoms with Gasteiger partial charge in [-0.15, -0.1) is 5.10 Å². The average molecular weight is 333 g/mol. The molecule has 0 aliphatic rings. The summed E-state index contributed by atoms with van der Waals surface area (Å²) in [5, 5.41) is 4.33. The molecule has 7 heteroatoms. The van der Waals surface area contributed by atoms with Crippen molar-refractivity contribution in [2.75, 3.05) is 5.73 Å². The lowest BCUT2D eigenvalue weighted by Crippen LogP contribution is -2.22. The van der Waals surface area contributed by atoms with E-state index in [1.54, 1.807) is 18.2 Å². The summed E-state index contributed by atoms with van der Waals surface area (Å²) in [7, 11) is 0. The van der Waals surface area contributed by atoms with Crippen LogP contribution >= 0.6 is 0 Å². The van der Waals surface area contributed by atoms with Gasteiger partial charge < -0.3 is 5.73 Å². The van der Waals surface area contributed by atoms with Crippen LogP contribution in [0.15, 0.2) is 53.3 Å². The highest BCUT2D eigenvalue weighted by atomic mass is 16.2. The number of hydrogen-bond acceptors (Lipinski definition) is 5. The first-order chi connectivity index (χ1) is 12.0. The van der Waals surface area contributed by atoms with E-state index in [9.17, 15) is 9.59 Å². The molecule has 2 aromatic carbocycles. The molecule has 4 aromatic rings. The maximum Gasteiger partial charge on any atom is 0.351 e. The van der Waals surface area contributed by atoms with Gasteiger partial charge in [0.1, 0.15) is 0 Å². The molecular formula is C18H15N5O2. The molecule has 0 saturated carbocycles. The van der Waals surface area contributed by atoms with Crippen LogP contribution in [0, 0.1) is 0 Å². The Labute approximate surface area is 142 Å². The third-order valence-electron chi connectivity index (χ3n) is 4.11. The van der Waals surface area contributed by atoms with E-state index >= 15 is 0 Å². The Balaban J connectivity index is 1.96. The largest absolute Gasteiger partial charge is 0.381 e. The number of carbonyl (C=O) groups is 1. The smallest absolute Gasteiger partial charge is 0.351 e. The molecule has 2 heterocycles. The molecule has 0 unspecified atom stereocenters. The lowest BCUT2D eigenvalue weighted by molar-refractivity contribution is 0.101. The molecule has 124 valence electrons. The van der Waals surface area contributed by atoms with Gasteiger partial charge in [0.05, 0.1) is 17.6 Å². The molecule has 0 saturated heterocycles. The van der Waals surface area contributed by atoms with Crippen LogP contribution in [0.3, 0.4) is 0 Å². The normalized spacial score (nSPS) is 11.2. The molecule has 0 fully saturated rings. The first kappa shape index (κ1) is 15.1. The molecule has 2 aromatic heterocycles. The number of fused-ring (bicyclic) bond motifs is 3. The van der Waals surface area contributed by atoms with Crippen molar-refractivity contribution in [3.05, 3.63) is 70.1 Å². The van der Waals surface area contributed by atoms with E-state index in [2.05, 4.69) is 10.1 Å². The number of Topliss-reactive ketones (excluding diaryl/α,β-unsaturated/α-hetero) is 1. The average Bonchev–Trinajstić information content (AvgIpc) is 2.93. The number of rotatable bonds is 3. The number of nitrogens with zero attached hydrogens (tertiary/aromatic N) is 4. The van der Waals surface area contributed by atoms with Crippen molar-refractivity contribution in [2.45, 2.75) is 13.5 Å². The van der Waals surface area contributed by atoms with Gasteiger partial charge in [-0.1, -0.05) is 30.3 Å². The van der Waals surface area contributed by atoms with Crippen LogP contribution in [0.1, 0.15) is 22.8 Å². The summed E-state index contributed by atoms with van der Waals surface area (Å²) >= 11 is 0. The van der Waals surface area contributed by atoms with Gasteiger partial charge in [0.15, 0.2) is 11.6 Å². The number of nitrogens with two attached hydrogens (primary N) is 1. The minimum absolute atomic E-state index is 0.0745. The zero-order chi connectivity index (χ0) is 17.6. The lowest BCUT2D eigenvalue weighted by Gasteiger charge is -2.03. The van der Waals surface area contributed by atoms with Crippen LogP contribution in [0.25, 0.3) is 16.7 Å². The molecule has 0 spiro atoms. The first-order valence-corrected chi connectivity index (χ1v) is 7.78. The predicted octanol–water partition coefficient (Wildman–Crippen LogP) is 1.88. The summed E-state index contributed by atoms with van der Waals surface area (Å²) in [6.45, 7) is 1.82. The summed E-state index contributed by atoms with van der Waals surface area (Å²) in [5.41, 5.74) is 8.54. The van der Waals surface area contributed by atoms with Crippen LogP contribution in [0.4, 0.5) is 5.82 Å². The summed E-state index contributed by atoms with van der Waals surface area (Å²) in [6.07, 6.45) is 0. The first-order valence-electron chi connectivity index (χ1n) is 7.78. The van der Waals surface area contributed by atoms with Crippen LogP contribution in [-0.2, 0) is 6.54 Å². The quantitative estimate of drug-likeness (QED) is 0.578. The number of ketones is 1. The number of benzene rings is 2. The molecule has 7 nitrogen and oxygen atoms in total. The second kappa shape index (κ2) is 5.55. The maximum absolute atomic E-state index is 12.8. The maximum atomic E-state index is 12.8. The van der Waals surface area contributed by atoms with Crippen molar-refractivity contribution in [2.24, 2.45) is 0 Å². The van der Waals surface area contributed by atoms with Gasteiger partial charge in [-0.05, 0) is 30.7 Å². The van der Waals surface area contributed by atoms with Crippen molar-refractivity contribution in [1.82, 2.24) is 19.2 Å². The van der Waals surface area contributed by atoms with Crippen molar-refractivity contribution >= 4 is 28.3 Å². The molecule has 0 aliphatic heterocycles. The van der Waals surface area contributed by atoms with Gasteiger partial charge in [0, 0.05) is 5.56 Å². The van der Waals surface area contributed by atoms with Gasteiger partial charge in [0.25, 0.3) is 0 Å². The Morgan fingerprint density at radius 3 is 2.64 bits per heavy atom. The van der Waals surface area contributed by atoms with Crippen molar-refractivity contribution in [3.8, 4) is 0 Å². The van der Waals surface area contributed by atoms with Crippen LogP contribution in [0.2, 0.25) is 0 Å². The number of carbonyl (C=O) groups excluding carboxylic acids is 1. The van der Waals surface area contributed by atoms with E-state index in [1.807, 2.05) is 30.3 Å². The molecule has 0 bridgehead atoms. The lowest BCUT2D eigenvalue weighted by atomic mass is 10.1. The Morgan fingerprint density at radius 2 is 1.92 bits per heavy atom. The van der Waals surface area contributed by atoms with Gasteiger partial charge >= 0.3 is 5.69 Å². The topological polar surface area (TPSA) is 95.3 Å². The fourth-order valence-electron chi connectivity index (χ4n) is 2.85. The molecule has 25 heavy (non-hydrogen) atoms. The zero-order valence-electron chi connectivity index (χ0n) is 13.5. The zero-order valence-corrected chi connectivity index (χ0v) is 13.5. The Kier molecular flexibility index (Phi) is 3.35. The molecule has 0 radical (unpaired) electrons. The Morgan fingerprint density at radius 1 is 1.16 bits per heavy atom. The van der Waals surface area contributed by atoms with Gasteiger partial charge in [-0.25, -0.2) is 18.9 Å². The number of nitrogen functional groups attached to an aromatic ring is 1. The number of anilines is 1. The van der Waals surface area contributed by atoms with E-state index in [-0.39, 0.29) is 17.3 Å². The third kappa shape index (κ3) is 2.46. The van der Waals surface area contributed by atoms with Crippen LogP contribution < -0.4 is 11.4 Å². The van der Waals surface area contributed by atoms with Gasteiger partial charge in [-0.3, -0.25) is 4.79 Å². The van der Waals surface area contributed by atoms with Crippen molar-refractivity contribution in [3.63, 3.8) is 0 Å². The summed E-state index contributed by atoms with van der Waals surface area (Å²) < 4.78 is 2.80. The van der Waals surface area contributed by atoms with E-state index in [0.717, 1.165) is 5.56 Å². The molecule has 0 amide bonds. The third-order valence-corrected chi connectivity index (χ3v) is 4.11. The molecular weight excluding hydrogens is 318 g/mol. The number of hydrogen-bond donors (Lipinski definition) is 1. The minimum atomic E-state index is -0.298. The fraction of sp³-hybridized carbons (Fsp3) is 0.111. The minimum Gasteiger partial charge on any atom is -0.381 e. The summed E-state index contributed by atoms with van der Waals surface area (Å²) in [5.74, 6) is 0.0756. The SMILES string of the molecule is CC(=O)c1ccc2c(c1)nc(N)c1nn(Cc3ccccc3)c(=O)n12. The second-order valence-corrected chi connectivity index (χ2v) is 5.84. The monoisotopic (exact) mass is 333 g/mol. The van der Waals surface area contributed by atoms with Crippen LogP contribution in [-0.4, -0.2) is 24.9 Å². The van der Waals surface area contributed by atoms with Crippen LogP contribution in [0.5, 0.6) is 0 Å². The summed E-state index contributed by atoms with van der Waals surface area (Å²) in [6, 6.07) is 14.6. The predicted molar refractivity (Wildman–Crippen MR) is 94.7 cm³/mol. The second-order valence-electron chi connectivity index (χ2n) is 5.84. The Bertz CT molecular complexity index is 1170. The molecule has 0 atom stereocenters. The summed E-state index contributed by atoms with van der Waals surface area (Å²) in [4.78, 5) is 28.7. The van der Waals surface area contributed by atoms with Gasteiger partial charge in [-0.2, -0.15) is 0 Å². The molecule has 2 N–H and O–H groups in total. The van der Waals surface area contributed by atoms with E-state index < -0.39 is 0 Å². The van der Waals surface area contributed by atoms with E-state index in [0.29, 0.717) is 28.8 Å². The number of aromatic nitrogens is 4. The molecule has 0 aliphatic carbocycles.